The lowest BCUT2D eigenvalue weighted by atomic mass is 10.1. The van der Waals surface area contributed by atoms with Gasteiger partial charge in [-0.25, -0.2) is 9.13 Å². The monoisotopic (exact) mass is 1340 g/mol. The number of aliphatic hydroxyl groups excluding tert-OH is 2. The standard InChI is InChI=1S/C75H124O16P2/c1-4-7-10-13-16-19-22-25-28-30-31-32-33-34-35-36-37-39-42-43-46-49-52-55-58-61-73(78)85-64-70(76)65-87-92(81,82)88-66-71(77)67-89-93(83,84)90-69-72(91-75(80)63-60-57-54-51-48-45-40-27-24-21-18-15-12-9-6-3)68-86-74(79)62-59-56-53-50-47-44-41-38-29-26-23-20-17-14-11-8-5-2/h7-12,16-21,25-29,31-32,34-35,37,39-40,70-72,76-77H,4-6,13-15,22-24,30,33,36,38,41-69H2,1-3H3,(H,81,82)(H,83,84)/b10-7-,11-8-,12-9-,19-16-,20-17-,21-18-,28-25-,29-26-,32-31-,35-34-,39-37-,40-27-. The van der Waals surface area contributed by atoms with Gasteiger partial charge in [0.2, 0.25) is 0 Å². The van der Waals surface area contributed by atoms with Crippen molar-refractivity contribution in [3.63, 3.8) is 0 Å². The van der Waals surface area contributed by atoms with E-state index < -0.39 is 91.5 Å². The summed E-state index contributed by atoms with van der Waals surface area (Å²) in [6.07, 6.45) is 80.4. The Kier molecular flexibility index (Phi) is 64.1. The highest BCUT2D eigenvalue weighted by atomic mass is 31.2. The van der Waals surface area contributed by atoms with Gasteiger partial charge in [0, 0.05) is 19.3 Å². The van der Waals surface area contributed by atoms with Crippen molar-refractivity contribution in [1.82, 2.24) is 0 Å². The van der Waals surface area contributed by atoms with E-state index in [0.717, 1.165) is 193 Å². The first-order valence-corrected chi connectivity index (χ1v) is 38.1. The van der Waals surface area contributed by atoms with Gasteiger partial charge in [0.25, 0.3) is 0 Å². The van der Waals surface area contributed by atoms with Gasteiger partial charge in [-0.05, 0) is 135 Å². The van der Waals surface area contributed by atoms with E-state index in [1.54, 1.807) is 0 Å². The molecular formula is C75H124O16P2. The highest BCUT2D eigenvalue weighted by Gasteiger charge is 2.29. The SMILES string of the molecule is CC/C=C\C/C=C\C/C=C\C/C=C\C/C=C\C/C=C\CCCCCCCCC(=O)OCC(O)COP(=O)(O)OCC(O)COP(=O)(O)OCC(COC(=O)CCCCCCCCC/C=C\C/C=C\C/C=C\CC)OC(=O)CCCCCCC/C=C\C/C=C\C/C=C\CC. The van der Waals surface area contributed by atoms with Crippen LogP contribution >= 0.6 is 15.6 Å². The van der Waals surface area contributed by atoms with Crippen molar-refractivity contribution < 1.29 is 75.8 Å². The van der Waals surface area contributed by atoms with Crippen LogP contribution in [0.1, 0.15) is 252 Å². The maximum atomic E-state index is 12.9. The van der Waals surface area contributed by atoms with Crippen molar-refractivity contribution in [2.45, 2.75) is 270 Å². The van der Waals surface area contributed by atoms with Crippen molar-refractivity contribution in [1.29, 1.82) is 0 Å². The van der Waals surface area contributed by atoms with Gasteiger partial charge in [-0.1, -0.05) is 244 Å². The molecule has 0 aromatic heterocycles. The van der Waals surface area contributed by atoms with Crippen LogP contribution in [0.4, 0.5) is 0 Å². The van der Waals surface area contributed by atoms with Gasteiger partial charge in [0.1, 0.15) is 25.4 Å². The molecule has 16 nitrogen and oxygen atoms in total. The Morgan fingerprint density at radius 3 is 0.849 bits per heavy atom. The van der Waals surface area contributed by atoms with E-state index in [4.69, 9.17) is 32.3 Å². The van der Waals surface area contributed by atoms with E-state index in [2.05, 4.69) is 167 Å². The Hall–Kier alpha value is -4.57. The summed E-state index contributed by atoms with van der Waals surface area (Å²) >= 11 is 0. The van der Waals surface area contributed by atoms with Crippen LogP contribution in [0.25, 0.3) is 0 Å². The second-order valence-electron chi connectivity index (χ2n) is 22.9. The number of esters is 3. The zero-order valence-corrected chi connectivity index (χ0v) is 59.2. The predicted octanol–water partition coefficient (Wildman–Crippen LogP) is 19.8. The van der Waals surface area contributed by atoms with Gasteiger partial charge < -0.3 is 34.2 Å². The molecule has 0 bridgehead atoms. The average Bonchev–Trinajstić information content (AvgIpc) is 2.84. The van der Waals surface area contributed by atoms with Gasteiger partial charge in [-0.2, -0.15) is 0 Å². The second-order valence-corrected chi connectivity index (χ2v) is 25.8. The number of carbonyl (C=O) groups is 3. The molecule has 5 unspecified atom stereocenters. The van der Waals surface area contributed by atoms with Crippen molar-refractivity contribution >= 4 is 33.6 Å². The van der Waals surface area contributed by atoms with Crippen molar-refractivity contribution in [3.8, 4) is 0 Å². The molecule has 0 radical (unpaired) electrons. The predicted molar refractivity (Wildman–Crippen MR) is 380 cm³/mol. The molecule has 530 valence electrons. The first-order chi connectivity index (χ1) is 45.2. The zero-order chi connectivity index (χ0) is 68.1. The Balaban J connectivity index is 4.63. The zero-order valence-electron chi connectivity index (χ0n) is 57.4. The average molecular weight is 1340 g/mol. The number of unbranched alkanes of at least 4 members (excludes halogenated alkanes) is 18. The van der Waals surface area contributed by atoms with Gasteiger partial charge in [0.05, 0.1) is 26.4 Å². The minimum absolute atomic E-state index is 0.0783. The number of hydrogen-bond acceptors (Lipinski definition) is 14. The molecule has 0 heterocycles. The third-order valence-corrected chi connectivity index (χ3v) is 15.9. The molecule has 0 amide bonds. The van der Waals surface area contributed by atoms with E-state index in [9.17, 15) is 43.5 Å². The maximum Gasteiger partial charge on any atom is 0.472 e. The molecule has 0 rings (SSSR count). The summed E-state index contributed by atoms with van der Waals surface area (Å²) in [6, 6.07) is 0. The molecule has 0 aromatic rings. The minimum Gasteiger partial charge on any atom is -0.463 e. The van der Waals surface area contributed by atoms with Crippen LogP contribution in [0.15, 0.2) is 146 Å². The number of ether oxygens (including phenoxy) is 3. The first kappa shape index (κ1) is 88.4. The van der Waals surface area contributed by atoms with Crippen LogP contribution in [-0.4, -0.2) is 95.9 Å². The quantitative estimate of drug-likeness (QED) is 0.0146. The summed E-state index contributed by atoms with van der Waals surface area (Å²) in [7, 11) is -9.80. The molecule has 0 aliphatic heterocycles. The molecule has 93 heavy (non-hydrogen) atoms. The highest BCUT2D eigenvalue weighted by Crippen LogP contribution is 2.45. The molecule has 0 fully saturated rings. The summed E-state index contributed by atoms with van der Waals surface area (Å²) in [5.41, 5.74) is 0. The largest absolute Gasteiger partial charge is 0.472 e. The van der Waals surface area contributed by atoms with Crippen LogP contribution in [0.2, 0.25) is 0 Å². The van der Waals surface area contributed by atoms with E-state index in [-0.39, 0.29) is 19.3 Å². The molecule has 0 saturated carbocycles. The van der Waals surface area contributed by atoms with Gasteiger partial charge in [-0.3, -0.25) is 32.5 Å². The number of phosphoric acid groups is 2. The normalized spacial score (nSPS) is 15.0. The number of aliphatic hydroxyl groups is 2. The van der Waals surface area contributed by atoms with Crippen LogP contribution in [0.3, 0.4) is 0 Å². The van der Waals surface area contributed by atoms with Gasteiger partial charge in [0.15, 0.2) is 6.10 Å². The Morgan fingerprint density at radius 1 is 0.301 bits per heavy atom. The van der Waals surface area contributed by atoms with Crippen LogP contribution in [0, 0.1) is 0 Å². The van der Waals surface area contributed by atoms with E-state index >= 15 is 0 Å². The fraction of sp³-hybridized carbons (Fsp3) is 0.640. The molecule has 0 spiro atoms. The molecule has 4 N–H and O–H groups in total. The molecule has 5 atom stereocenters. The number of hydrogen-bond donors (Lipinski definition) is 4. The van der Waals surface area contributed by atoms with Crippen molar-refractivity contribution in [2.24, 2.45) is 0 Å². The lowest BCUT2D eigenvalue weighted by molar-refractivity contribution is -0.161. The molecule has 18 heteroatoms. The maximum absolute atomic E-state index is 12.9. The molecule has 0 saturated heterocycles. The van der Waals surface area contributed by atoms with E-state index in [1.165, 1.54) is 0 Å². The van der Waals surface area contributed by atoms with Gasteiger partial charge >= 0.3 is 33.6 Å². The number of phosphoric ester groups is 2. The Labute approximate surface area is 562 Å². The summed E-state index contributed by atoms with van der Waals surface area (Å²) in [5, 5.41) is 20.6. The van der Waals surface area contributed by atoms with E-state index in [0.29, 0.717) is 19.3 Å². The number of carbonyl (C=O) groups excluding carboxylic acids is 3. The lowest BCUT2D eigenvalue weighted by Crippen LogP contribution is -2.30. The van der Waals surface area contributed by atoms with Crippen molar-refractivity contribution in [2.75, 3.05) is 39.6 Å². The highest BCUT2D eigenvalue weighted by molar-refractivity contribution is 7.47. The smallest absolute Gasteiger partial charge is 0.463 e. The fourth-order valence-electron chi connectivity index (χ4n) is 8.78. The summed E-state index contributed by atoms with van der Waals surface area (Å²) < 4.78 is 60.9. The minimum atomic E-state index is -4.94. The summed E-state index contributed by atoms with van der Waals surface area (Å²) in [6.45, 7) is 2.26. The van der Waals surface area contributed by atoms with Crippen LogP contribution in [0.5, 0.6) is 0 Å². The third-order valence-electron chi connectivity index (χ3n) is 14.0. The third kappa shape index (κ3) is 68.6. The lowest BCUT2D eigenvalue weighted by Gasteiger charge is -2.21. The molecular weight excluding hydrogens is 1220 g/mol. The van der Waals surface area contributed by atoms with Crippen LogP contribution < -0.4 is 0 Å². The van der Waals surface area contributed by atoms with Crippen molar-refractivity contribution in [3.05, 3.63) is 146 Å². The van der Waals surface area contributed by atoms with Gasteiger partial charge in [-0.15, -0.1) is 0 Å². The number of allylic oxidation sites excluding steroid dienone is 24. The molecule has 0 aromatic carbocycles. The second kappa shape index (κ2) is 67.4. The Bertz CT molecular complexity index is 2280. The topological polar surface area (TPSA) is 231 Å². The summed E-state index contributed by atoms with van der Waals surface area (Å²) in [5.74, 6) is -1.63. The summed E-state index contributed by atoms with van der Waals surface area (Å²) in [4.78, 5) is 58.4. The van der Waals surface area contributed by atoms with Crippen LogP contribution in [-0.2, 0) is 55.8 Å². The molecule has 0 aliphatic carbocycles. The van der Waals surface area contributed by atoms with E-state index in [1.807, 2.05) is 0 Å². The number of rotatable bonds is 65. The first-order valence-electron chi connectivity index (χ1n) is 35.1. The molecule has 0 aliphatic rings. The Morgan fingerprint density at radius 2 is 0.538 bits per heavy atom. The fourth-order valence-corrected chi connectivity index (χ4v) is 10.4.